The highest BCUT2D eigenvalue weighted by Crippen LogP contribution is 2.22. The average Bonchev–Trinajstić information content (AvgIpc) is 2.73. The van der Waals surface area contributed by atoms with Crippen molar-refractivity contribution < 1.29 is 22.7 Å². The van der Waals surface area contributed by atoms with Crippen LogP contribution in [0.3, 0.4) is 0 Å². The van der Waals surface area contributed by atoms with E-state index in [0.29, 0.717) is 24.3 Å². The third-order valence-electron chi connectivity index (χ3n) is 4.73. The fourth-order valence-corrected chi connectivity index (χ4v) is 4.65. The second-order valence-electron chi connectivity index (χ2n) is 6.74. The van der Waals surface area contributed by atoms with E-state index < -0.39 is 28.5 Å². The second-order valence-corrected chi connectivity index (χ2v) is 8.65. The maximum atomic E-state index is 12.8. The molecular weight excluding hydrogens is 404 g/mol. The van der Waals surface area contributed by atoms with Crippen molar-refractivity contribution in [2.24, 2.45) is 0 Å². The van der Waals surface area contributed by atoms with Crippen LogP contribution in [0.25, 0.3) is 0 Å². The summed E-state index contributed by atoms with van der Waals surface area (Å²) in [5, 5.41) is 2.66. The van der Waals surface area contributed by atoms with Gasteiger partial charge in [-0.2, -0.15) is 4.31 Å². The summed E-state index contributed by atoms with van der Waals surface area (Å²) in [6.45, 7) is 7.39. The standard InChI is InChI=1S/C22H28N2O5S/c1-5-17-9-12-19(13-10-17)23-21(25)15-29-22(26)18-11-8-16(4)20(14-18)30(27,28)24(6-2)7-3/h8-14H,5-7,15H2,1-4H3,(H,23,25). The van der Waals surface area contributed by atoms with E-state index in [4.69, 9.17) is 4.74 Å². The molecule has 1 N–H and O–H groups in total. The average molecular weight is 433 g/mol. The first-order valence-electron chi connectivity index (χ1n) is 9.89. The molecule has 0 aliphatic heterocycles. The van der Waals surface area contributed by atoms with Crippen LogP contribution in [0.15, 0.2) is 47.4 Å². The zero-order valence-electron chi connectivity index (χ0n) is 17.8. The summed E-state index contributed by atoms with van der Waals surface area (Å²) in [5.41, 5.74) is 2.36. The number of sulfonamides is 1. The molecule has 0 saturated carbocycles. The molecule has 162 valence electrons. The van der Waals surface area contributed by atoms with Gasteiger partial charge in [0.1, 0.15) is 0 Å². The maximum absolute atomic E-state index is 12.8. The van der Waals surface area contributed by atoms with E-state index in [1.807, 2.05) is 19.1 Å². The monoisotopic (exact) mass is 432 g/mol. The van der Waals surface area contributed by atoms with Crippen LogP contribution >= 0.6 is 0 Å². The molecule has 0 saturated heterocycles. The van der Waals surface area contributed by atoms with Gasteiger partial charge in [-0.05, 0) is 48.7 Å². The predicted molar refractivity (Wildman–Crippen MR) is 116 cm³/mol. The molecule has 2 aromatic rings. The zero-order valence-corrected chi connectivity index (χ0v) is 18.6. The Morgan fingerprint density at radius 3 is 2.20 bits per heavy atom. The molecule has 0 unspecified atom stereocenters. The highest BCUT2D eigenvalue weighted by molar-refractivity contribution is 7.89. The van der Waals surface area contributed by atoms with Gasteiger partial charge in [0.15, 0.2) is 6.61 Å². The summed E-state index contributed by atoms with van der Waals surface area (Å²) < 4.78 is 32.0. The summed E-state index contributed by atoms with van der Waals surface area (Å²) >= 11 is 0. The quantitative estimate of drug-likeness (QED) is 0.613. The maximum Gasteiger partial charge on any atom is 0.338 e. The SMILES string of the molecule is CCc1ccc(NC(=O)COC(=O)c2ccc(C)c(S(=O)(=O)N(CC)CC)c2)cc1. The van der Waals surface area contributed by atoms with Crippen LogP contribution in [0.5, 0.6) is 0 Å². The number of aryl methyl sites for hydroxylation is 2. The number of benzene rings is 2. The molecule has 0 bridgehead atoms. The van der Waals surface area contributed by atoms with Gasteiger partial charge in [0, 0.05) is 18.8 Å². The molecule has 7 nitrogen and oxygen atoms in total. The van der Waals surface area contributed by atoms with Gasteiger partial charge in [-0.1, -0.05) is 39.0 Å². The largest absolute Gasteiger partial charge is 0.452 e. The fraction of sp³-hybridized carbons (Fsp3) is 0.364. The van der Waals surface area contributed by atoms with E-state index in [9.17, 15) is 18.0 Å². The number of esters is 1. The van der Waals surface area contributed by atoms with Crippen LogP contribution in [0.4, 0.5) is 5.69 Å². The van der Waals surface area contributed by atoms with Crippen molar-refractivity contribution in [3.8, 4) is 0 Å². The Morgan fingerprint density at radius 1 is 1.00 bits per heavy atom. The molecule has 2 rings (SSSR count). The van der Waals surface area contributed by atoms with Crippen LogP contribution in [0, 0.1) is 6.92 Å². The van der Waals surface area contributed by atoms with E-state index >= 15 is 0 Å². The van der Waals surface area contributed by atoms with Gasteiger partial charge < -0.3 is 10.1 Å². The Kier molecular flexibility index (Phi) is 8.14. The van der Waals surface area contributed by atoms with Crippen LogP contribution in [0.1, 0.15) is 42.3 Å². The summed E-state index contributed by atoms with van der Waals surface area (Å²) in [4.78, 5) is 24.5. The molecule has 8 heteroatoms. The third-order valence-corrected chi connectivity index (χ3v) is 6.92. The normalized spacial score (nSPS) is 11.4. The van der Waals surface area contributed by atoms with Gasteiger partial charge in [-0.3, -0.25) is 4.79 Å². The molecule has 0 aromatic heterocycles. The fourth-order valence-electron chi connectivity index (χ4n) is 2.94. The van der Waals surface area contributed by atoms with Crippen molar-refractivity contribution in [2.45, 2.75) is 39.0 Å². The number of nitrogens with zero attached hydrogens (tertiary/aromatic N) is 1. The minimum atomic E-state index is -3.72. The van der Waals surface area contributed by atoms with Crippen LogP contribution in [-0.4, -0.2) is 44.3 Å². The Morgan fingerprint density at radius 2 is 1.63 bits per heavy atom. The molecule has 0 fully saturated rings. The van der Waals surface area contributed by atoms with Gasteiger partial charge in [-0.25, -0.2) is 13.2 Å². The molecule has 0 radical (unpaired) electrons. The lowest BCUT2D eigenvalue weighted by molar-refractivity contribution is -0.119. The van der Waals surface area contributed by atoms with E-state index in [2.05, 4.69) is 5.32 Å². The minimum absolute atomic E-state index is 0.0566. The van der Waals surface area contributed by atoms with Gasteiger partial charge in [0.05, 0.1) is 10.5 Å². The molecule has 2 aromatic carbocycles. The van der Waals surface area contributed by atoms with Crippen molar-refractivity contribution in [3.05, 3.63) is 59.2 Å². The van der Waals surface area contributed by atoms with E-state index in [1.165, 1.54) is 16.4 Å². The molecule has 0 spiro atoms. The van der Waals surface area contributed by atoms with Crippen molar-refractivity contribution in [3.63, 3.8) is 0 Å². The van der Waals surface area contributed by atoms with Crippen LogP contribution in [-0.2, 0) is 26.0 Å². The number of anilines is 1. The molecule has 0 aliphatic carbocycles. The lowest BCUT2D eigenvalue weighted by Crippen LogP contribution is -2.31. The Balaban J connectivity index is 2.07. The van der Waals surface area contributed by atoms with Gasteiger partial charge in [0.25, 0.3) is 5.91 Å². The van der Waals surface area contributed by atoms with Crippen molar-refractivity contribution in [1.29, 1.82) is 0 Å². The first kappa shape index (κ1) is 23.6. The summed E-state index contributed by atoms with van der Waals surface area (Å²) in [6, 6.07) is 11.7. The number of ether oxygens (including phenoxy) is 1. The summed E-state index contributed by atoms with van der Waals surface area (Å²) in [7, 11) is -3.72. The van der Waals surface area contributed by atoms with E-state index in [1.54, 1.807) is 39.0 Å². The highest BCUT2D eigenvalue weighted by atomic mass is 32.2. The van der Waals surface area contributed by atoms with Crippen molar-refractivity contribution >= 4 is 27.6 Å². The van der Waals surface area contributed by atoms with Gasteiger partial charge in [-0.15, -0.1) is 0 Å². The topological polar surface area (TPSA) is 92.8 Å². The lowest BCUT2D eigenvalue weighted by atomic mass is 10.1. The highest BCUT2D eigenvalue weighted by Gasteiger charge is 2.25. The number of nitrogens with one attached hydrogen (secondary N) is 1. The smallest absolute Gasteiger partial charge is 0.338 e. The van der Waals surface area contributed by atoms with Crippen LogP contribution in [0.2, 0.25) is 0 Å². The number of carbonyl (C=O) groups excluding carboxylic acids is 2. The number of carbonyl (C=O) groups is 2. The lowest BCUT2D eigenvalue weighted by Gasteiger charge is -2.20. The number of hydrogen-bond acceptors (Lipinski definition) is 5. The number of amides is 1. The molecule has 1 amide bonds. The van der Waals surface area contributed by atoms with E-state index in [-0.39, 0.29) is 10.5 Å². The molecule has 0 aliphatic rings. The van der Waals surface area contributed by atoms with E-state index in [0.717, 1.165) is 12.0 Å². The van der Waals surface area contributed by atoms with Gasteiger partial charge >= 0.3 is 5.97 Å². The summed E-state index contributed by atoms with van der Waals surface area (Å²) in [6.07, 6.45) is 0.897. The summed E-state index contributed by atoms with van der Waals surface area (Å²) in [5.74, 6) is -1.24. The first-order valence-corrected chi connectivity index (χ1v) is 11.3. The van der Waals surface area contributed by atoms with Crippen LogP contribution < -0.4 is 5.32 Å². The predicted octanol–water partition coefficient (Wildman–Crippen LogP) is 3.38. The Bertz CT molecular complexity index is 997. The molecule has 30 heavy (non-hydrogen) atoms. The van der Waals surface area contributed by atoms with Crippen molar-refractivity contribution in [2.75, 3.05) is 25.0 Å². The molecule has 0 atom stereocenters. The Hall–Kier alpha value is -2.71. The number of rotatable bonds is 9. The number of hydrogen-bond donors (Lipinski definition) is 1. The second kappa shape index (κ2) is 10.4. The van der Waals surface area contributed by atoms with Gasteiger partial charge in [0.2, 0.25) is 10.0 Å². The van der Waals surface area contributed by atoms with Crippen molar-refractivity contribution in [1.82, 2.24) is 4.31 Å². The first-order chi connectivity index (χ1) is 14.2. The Labute approximate surface area is 178 Å². The minimum Gasteiger partial charge on any atom is -0.452 e. The molecule has 0 heterocycles. The third kappa shape index (κ3) is 5.67. The zero-order chi connectivity index (χ0) is 22.3. The molecular formula is C22H28N2O5S.